The van der Waals surface area contributed by atoms with Gasteiger partial charge in [0.25, 0.3) is 0 Å². The number of sulfone groups is 1. The van der Waals surface area contributed by atoms with Crippen LogP contribution in [0.25, 0.3) is 0 Å². The third-order valence-electron chi connectivity index (χ3n) is 4.15. The predicted octanol–water partition coefficient (Wildman–Crippen LogP) is 4.24. The summed E-state index contributed by atoms with van der Waals surface area (Å²) < 4.78 is 62.0. The third kappa shape index (κ3) is 5.11. The van der Waals surface area contributed by atoms with Crippen molar-refractivity contribution in [2.45, 2.75) is 19.2 Å². The van der Waals surface area contributed by atoms with Crippen LogP contribution in [-0.2, 0) is 20.7 Å². The van der Waals surface area contributed by atoms with E-state index in [9.17, 15) is 26.0 Å². The van der Waals surface area contributed by atoms with Crippen molar-refractivity contribution in [3.8, 4) is 0 Å². The van der Waals surface area contributed by atoms with E-state index in [1.807, 2.05) is 0 Å². The van der Waals surface area contributed by atoms with Crippen molar-refractivity contribution in [1.82, 2.24) is 0 Å². The van der Waals surface area contributed by atoms with Crippen LogP contribution in [0, 0.1) is 5.82 Å². The monoisotopic (exact) mass is 545 g/mol. The number of benzene rings is 2. The molecule has 29 heavy (non-hydrogen) atoms. The molecule has 1 unspecified atom stereocenters. The SMILES string of the molecule is CCS(=O)(=O)C(C)N(c1cc(Br)c(C(=O)c2ccc(F)cc2Cl)cc1Cl)[SH](=O)=O. The van der Waals surface area contributed by atoms with E-state index in [4.69, 9.17) is 23.2 Å². The maximum Gasteiger partial charge on any atom is 0.226 e. The number of carbonyl (C=O) groups is 1. The summed E-state index contributed by atoms with van der Waals surface area (Å²) in [6, 6.07) is 5.70. The van der Waals surface area contributed by atoms with Gasteiger partial charge in [-0.05, 0) is 53.2 Å². The molecule has 0 aliphatic carbocycles. The number of thiol groups is 1. The van der Waals surface area contributed by atoms with Gasteiger partial charge in [0, 0.05) is 21.4 Å². The molecular formula is C17H15BrCl2FNO5S2. The molecule has 6 nitrogen and oxygen atoms in total. The number of hydrogen-bond acceptors (Lipinski definition) is 5. The summed E-state index contributed by atoms with van der Waals surface area (Å²) in [6.45, 7) is 2.62. The molecule has 158 valence electrons. The summed E-state index contributed by atoms with van der Waals surface area (Å²) in [4.78, 5) is 12.8. The molecule has 0 saturated carbocycles. The molecule has 0 saturated heterocycles. The predicted molar refractivity (Wildman–Crippen MR) is 116 cm³/mol. The second-order valence-electron chi connectivity index (χ2n) is 5.87. The lowest BCUT2D eigenvalue weighted by Crippen LogP contribution is -2.39. The number of halogens is 4. The molecule has 0 aliphatic heterocycles. The first-order valence-electron chi connectivity index (χ1n) is 8.04. The highest BCUT2D eigenvalue weighted by Crippen LogP contribution is 2.36. The minimum Gasteiger partial charge on any atom is -0.289 e. The summed E-state index contributed by atoms with van der Waals surface area (Å²) in [7, 11) is -7.11. The number of anilines is 1. The van der Waals surface area contributed by atoms with Crippen LogP contribution in [0.5, 0.6) is 0 Å². The average Bonchev–Trinajstić information content (AvgIpc) is 2.63. The largest absolute Gasteiger partial charge is 0.289 e. The maximum atomic E-state index is 13.2. The minimum absolute atomic E-state index is 0.0197. The van der Waals surface area contributed by atoms with Gasteiger partial charge in [-0.1, -0.05) is 30.1 Å². The Morgan fingerprint density at radius 2 is 1.79 bits per heavy atom. The molecule has 0 amide bonds. The smallest absolute Gasteiger partial charge is 0.226 e. The van der Waals surface area contributed by atoms with Crippen LogP contribution < -0.4 is 4.31 Å². The summed E-state index contributed by atoms with van der Waals surface area (Å²) in [5.74, 6) is -1.46. The lowest BCUT2D eigenvalue weighted by molar-refractivity contribution is 0.103. The van der Waals surface area contributed by atoms with E-state index in [1.54, 1.807) is 0 Å². The Kier molecular flexibility index (Phi) is 7.72. The van der Waals surface area contributed by atoms with Gasteiger partial charge in [-0.15, -0.1) is 0 Å². The first kappa shape index (κ1) is 24.1. The molecule has 0 bridgehead atoms. The zero-order valence-corrected chi connectivity index (χ0v) is 19.8. The molecule has 0 N–H and O–H groups in total. The lowest BCUT2D eigenvalue weighted by Gasteiger charge is -2.26. The molecule has 12 heteroatoms. The highest BCUT2D eigenvalue weighted by molar-refractivity contribution is 9.10. The van der Waals surface area contributed by atoms with E-state index < -0.39 is 37.7 Å². The molecule has 1 atom stereocenters. The van der Waals surface area contributed by atoms with Crippen LogP contribution in [0.15, 0.2) is 34.8 Å². The fraction of sp³-hybridized carbons (Fsp3) is 0.235. The number of nitrogens with zero attached hydrogens (tertiary/aromatic N) is 1. The minimum atomic E-state index is -3.75. The molecule has 2 aromatic rings. The van der Waals surface area contributed by atoms with E-state index in [1.165, 1.54) is 32.0 Å². The summed E-state index contributed by atoms with van der Waals surface area (Å²) in [5.41, 5.74) is -0.0495. The first-order chi connectivity index (χ1) is 13.4. The zero-order chi connectivity index (χ0) is 22.1. The molecule has 0 aromatic heterocycles. The summed E-state index contributed by atoms with van der Waals surface area (Å²) >= 11 is 15.3. The second kappa shape index (κ2) is 9.30. The molecular weight excluding hydrogens is 532 g/mol. The van der Waals surface area contributed by atoms with Crippen LogP contribution in [0.3, 0.4) is 0 Å². The van der Waals surface area contributed by atoms with Gasteiger partial charge in [-0.2, -0.15) is 0 Å². The van der Waals surface area contributed by atoms with Crippen LogP contribution >= 0.6 is 39.1 Å². The normalized spacial score (nSPS) is 12.8. The van der Waals surface area contributed by atoms with Gasteiger partial charge in [-0.25, -0.2) is 21.2 Å². The third-order valence-corrected chi connectivity index (χ3v) is 8.54. The molecule has 0 heterocycles. The van der Waals surface area contributed by atoms with Crippen LogP contribution in [0.1, 0.15) is 29.8 Å². The van der Waals surface area contributed by atoms with Crippen molar-refractivity contribution < 1.29 is 26.0 Å². The molecule has 2 aromatic carbocycles. The van der Waals surface area contributed by atoms with Gasteiger partial charge in [0.05, 0.1) is 15.7 Å². The van der Waals surface area contributed by atoms with Crippen molar-refractivity contribution in [3.63, 3.8) is 0 Å². The van der Waals surface area contributed by atoms with Crippen LogP contribution in [0.4, 0.5) is 10.1 Å². The van der Waals surface area contributed by atoms with Crippen molar-refractivity contribution in [2.75, 3.05) is 10.1 Å². The van der Waals surface area contributed by atoms with Gasteiger partial charge >= 0.3 is 0 Å². The van der Waals surface area contributed by atoms with Crippen molar-refractivity contribution >= 4 is 71.3 Å². The molecule has 0 fully saturated rings. The Labute approximate surface area is 187 Å². The Morgan fingerprint density at radius 3 is 2.31 bits per heavy atom. The molecule has 0 radical (unpaired) electrons. The molecule has 2 rings (SSSR count). The van der Waals surface area contributed by atoms with E-state index in [-0.39, 0.29) is 37.1 Å². The number of ketones is 1. The summed E-state index contributed by atoms with van der Waals surface area (Å²) in [6.07, 6.45) is 0. The number of carbonyl (C=O) groups excluding carboxylic acids is 1. The standard InChI is InChI=1S/C17H15BrCl2FNO5S2/c1-3-29(26,27)9(2)22(28(24)25)16-8-13(18)12(7-15(16)20)17(23)11-5-4-10(21)6-14(11)19/h4-9,28H,3H2,1-2H3. The second-order valence-corrected chi connectivity index (χ2v) is 11.0. The van der Waals surface area contributed by atoms with Gasteiger partial charge < -0.3 is 0 Å². The quantitative estimate of drug-likeness (QED) is 0.414. The maximum absolute atomic E-state index is 13.2. The average molecular weight is 547 g/mol. The lowest BCUT2D eigenvalue weighted by atomic mass is 10.0. The Bertz CT molecular complexity index is 1150. The highest BCUT2D eigenvalue weighted by Gasteiger charge is 2.30. The Balaban J connectivity index is 2.59. The number of hydrogen-bond donors (Lipinski definition) is 1. The fourth-order valence-electron chi connectivity index (χ4n) is 2.51. The van der Waals surface area contributed by atoms with Gasteiger partial charge in [0.2, 0.25) is 10.9 Å². The van der Waals surface area contributed by atoms with E-state index >= 15 is 0 Å². The van der Waals surface area contributed by atoms with Gasteiger partial charge in [-0.3, -0.25) is 9.10 Å². The highest BCUT2D eigenvalue weighted by atomic mass is 79.9. The van der Waals surface area contributed by atoms with Crippen LogP contribution in [0.2, 0.25) is 10.0 Å². The number of rotatable bonds is 7. The zero-order valence-electron chi connectivity index (χ0n) is 15.0. The van der Waals surface area contributed by atoms with Gasteiger partial charge in [0.1, 0.15) is 11.2 Å². The van der Waals surface area contributed by atoms with Crippen molar-refractivity contribution in [1.29, 1.82) is 0 Å². The Hall–Kier alpha value is -1.20. The summed E-state index contributed by atoms with van der Waals surface area (Å²) in [5, 5.41) is -1.66. The topological polar surface area (TPSA) is 88.6 Å². The molecule has 0 aliphatic rings. The van der Waals surface area contributed by atoms with Crippen molar-refractivity contribution in [3.05, 3.63) is 61.8 Å². The molecule has 0 spiro atoms. The van der Waals surface area contributed by atoms with E-state index in [0.717, 1.165) is 12.1 Å². The van der Waals surface area contributed by atoms with Gasteiger partial charge in [0.15, 0.2) is 15.6 Å². The first-order valence-corrected chi connectivity index (χ1v) is 12.4. The Morgan fingerprint density at radius 1 is 1.17 bits per heavy atom. The van der Waals surface area contributed by atoms with Crippen molar-refractivity contribution in [2.24, 2.45) is 0 Å². The fourth-order valence-corrected chi connectivity index (χ4v) is 5.76. The van der Waals surface area contributed by atoms with Crippen LogP contribution in [-0.4, -0.2) is 33.7 Å². The van der Waals surface area contributed by atoms with E-state index in [0.29, 0.717) is 4.31 Å². The van der Waals surface area contributed by atoms with E-state index in [2.05, 4.69) is 15.9 Å².